The number of benzene rings is 1. The Morgan fingerprint density at radius 1 is 1.10 bits per heavy atom. The van der Waals surface area contributed by atoms with Crippen LogP contribution in [0.15, 0.2) is 24.3 Å². The van der Waals surface area contributed by atoms with E-state index in [0.717, 1.165) is 0 Å². The summed E-state index contributed by atoms with van der Waals surface area (Å²) in [6.45, 7) is 1.41. The molecule has 6 nitrogen and oxygen atoms in total. The lowest BCUT2D eigenvalue weighted by molar-refractivity contribution is -0.119. The van der Waals surface area contributed by atoms with Gasteiger partial charge in [-0.05, 0) is 30.7 Å². The van der Waals surface area contributed by atoms with Crippen molar-refractivity contribution < 1.29 is 18.0 Å². The summed E-state index contributed by atoms with van der Waals surface area (Å²) in [6.07, 6.45) is 0.373. The van der Waals surface area contributed by atoms with E-state index in [1.165, 1.54) is 6.92 Å². The Balaban J connectivity index is 1.96. The first-order valence-corrected chi connectivity index (χ1v) is 8.07. The van der Waals surface area contributed by atoms with Gasteiger partial charge in [-0.25, -0.2) is 8.42 Å². The van der Waals surface area contributed by atoms with Crippen molar-refractivity contribution in [3.63, 3.8) is 0 Å². The summed E-state index contributed by atoms with van der Waals surface area (Å²) in [5.41, 5.74) is 1.22. The van der Waals surface area contributed by atoms with E-state index >= 15 is 0 Å². The second-order valence-corrected chi connectivity index (χ2v) is 7.08. The van der Waals surface area contributed by atoms with Gasteiger partial charge >= 0.3 is 0 Å². The Hall–Kier alpha value is -1.89. The summed E-state index contributed by atoms with van der Waals surface area (Å²) < 4.78 is 22.7. The topological polar surface area (TPSA) is 92.3 Å². The molecular weight excluding hydrogens is 280 g/mol. The molecule has 2 rings (SSSR count). The quantitative estimate of drug-likeness (QED) is 0.871. The van der Waals surface area contributed by atoms with Gasteiger partial charge < -0.3 is 10.6 Å². The number of hydrogen-bond donors (Lipinski definition) is 2. The molecule has 7 heteroatoms. The van der Waals surface area contributed by atoms with E-state index in [-0.39, 0.29) is 23.3 Å². The molecule has 1 heterocycles. The van der Waals surface area contributed by atoms with Crippen molar-refractivity contribution in [2.24, 2.45) is 5.92 Å². The molecule has 1 aromatic rings. The Kier molecular flexibility index (Phi) is 4.08. The van der Waals surface area contributed by atoms with Crippen LogP contribution in [0.2, 0.25) is 0 Å². The van der Waals surface area contributed by atoms with Crippen LogP contribution in [0.25, 0.3) is 0 Å². The Bertz CT molecular complexity index is 622. The zero-order valence-electron chi connectivity index (χ0n) is 11.0. The van der Waals surface area contributed by atoms with Crippen molar-refractivity contribution in [3.05, 3.63) is 24.3 Å². The van der Waals surface area contributed by atoms with Gasteiger partial charge in [0.05, 0.1) is 17.4 Å². The number of carbonyl (C=O) groups excluding carboxylic acids is 2. The highest BCUT2D eigenvalue weighted by Gasteiger charge is 2.32. The molecule has 0 spiro atoms. The summed E-state index contributed by atoms with van der Waals surface area (Å²) in [5, 5.41) is 5.31. The summed E-state index contributed by atoms with van der Waals surface area (Å²) in [6, 6.07) is 6.66. The SMILES string of the molecule is CC(=O)Nc1ccc(NC(=O)C2CCS(=O)(=O)C2)cc1. The maximum atomic E-state index is 11.9. The molecular formula is C13H16N2O4S. The molecule has 108 valence electrons. The number of rotatable bonds is 3. The lowest BCUT2D eigenvalue weighted by Gasteiger charge is -2.10. The Morgan fingerprint density at radius 2 is 1.65 bits per heavy atom. The maximum absolute atomic E-state index is 11.9. The summed E-state index contributed by atoms with van der Waals surface area (Å²) >= 11 is 0. The third-order valence-electron chi connectivity index (χ3n) is 3.08. The first-order chi connectivity index (χ1) is 9.35. The van der Waals surface area contributed by atoms with Crippen molar-refractivity contribution in [2.75, 3.05) is 22.1 Å². The molecule has 0 aromatic heterocycles. The first kappa shape index (κ1) is 14.5. The molecule has 1 atom stereocenters. The highest BCUT2D eigenvalue weighted by Crippen LogP contribution is 2.21. The molecule has 1 saturated heterocycles. The number of sulfone groups is 1. The van der Waals surface area contributed by atoms with Gasteiger partial charge in [-0.1, -0.05) is 0 Å². The van der Waals surface area contributed by atoms with Gasteiger partial charge in [0.1, 0.15) is 0 Å². The zero-order valence-corrected chi connectivity index (χ0v) is 11.9. The molecule has 20 heavy (non-hydrogen) atoms. The van der Waals surface area contributed by atoms with Crippen LogP contribution < -0.4 is 10.6 Å². The van der Waals surface area contributed by atoms with Gasteiger partial charge in [0, 0.05) is 18.3 Å². The fourth-order valence-electron chi connectivity index (χ4n) is 2.09. The number of anilines is 2. The fourth-order valence-corrected chi connectivity index (χ4v) is 3.83. The molecule has 0 saturated carbocycles. The fraction of sp³-hybridized carbons (Fsp3) is 0.385. The van der Waals surface area contributed by atoms with E-state index in [9.17, 15) is 18.0 Å². The second kappa shape index (κ2) is 5.62. The lowest BCUT2D eigenvalue weighted by atomic mass is 10.1. The molecule has 0 aliphatic carbocycles. The lowest BCUT2D eigenvalue weighted by Crippen LogP contribution is -2.23. The van der Waals surface area contributed by atoms with Crippen LogP contribution in [0.3, 0.4) is 0 Å². The first-order valence-electron chi connectivity index (χ1n) is 6.25. The van der Waals surface area contributed by atoms with Crippen molar-refractivity contribution in [2.45, 2.75) is 13.3 Å². The number of nitrogens with one attached hydrogen (secondary N) is 2. The predicted octanol–water partition coefficient (Wildman–Crippen LogP) is 1.02. The summed E-state index contributed by atoms with van der Waals surface area (Å²) in [5.74, 6) is -0.929. The number of carbonyl (C=O) groups is 2. The van der Waals surface area contributed by atoms with Gasteiger partial charge in [-0.15, -0.1) is 0 Å². The van der Waals surface area contributed by atoms with E-state index in [1.54, 1.807) is 24.3 Å². The van der Waals surface area contributed by atoms with Crippen molar-refractivity contribution in [3.8, 4) is 0 Å². The third-order valence-corrected chi connectivity index (χ3v) is 4.84. The normalized spacial score (nSPS) is 20.4. The highest BCUT2D eigenvalue weighted by atomic mass is 32.2. The smallest absolute Gasteiger partial charge is 0.228 e. The van der Waals surface area contributed by atoms with Crippen LogP contribution in [0.5, 0.6) is 0 Å². The average Bonchev–Trinajstić information content (AvgIpc) is 2.72. The molecule has 1 fully saturated rings. The van der Waals surface area contributed by atoms with Crippen LogP contribution in [-0.4, -0.2) is 31.7 Å². The predicted molar refractivity (Wildman–Crippen MR) is 76.1 cm³/mol. The minimum atomic E-state index is -3.06. The maximum Gasteiger partial charge on any atom is 0.228 e. The van der Waals surface area contributed by atoms with E-state index in [0.29, 0.717) is 17.8 Å². The molecule has 2 N–H and O–H groups in total. The molecule has 1 aliphatic heterocycles. The van der Waals surface area contributed by atoms with Crippen molar-refractivity contribution >= 4 is 33.0 Å². The van der Waals surface area contributed by atoms with E-state index in [4.69, 9.17) is 0 Å². The Morgan fingerprint density at radius 3 is 2.10 bits per heavy atom. The molecule has 0 radical (unpaired) electrons. The molecule has 1 aliphatic rings. The third kappa shape index (κ3) is 3.80. The summed E-state index contributed by atoms with van der Waals surface area (Å²) in [7, 11) is -3.06. The van der Waals surface area contributed by atoms with E-state index in [1.807, 2.05) is 0 Å². The van der Waals surface area contributed by atoms with Gasteiger partial charge in [-0.2, -0.15) is 0 Å². The zero-order chi connectivity index (χ0) is 14.8. The highest BCUT2D eigenvalue weighted by molar-refractivity contribution is 7.91. The van der Waals surface area contributed by atoms with Gasteiger partial charge in [0.25, 0.3) is 0 Å². The molecule has 1 unspecified atom stereocenters. The molecule has 1 aromatic carbocycles. The van der Waals surface area contributed by atoms with Crippen LogP contribution in [-0.2, 0) is 19.4 Å². The second-order valence-electron chi connectivity index (χ2n) is 4.85. The van der Waals surface area contributed by atoms with Gasteiger partial charge in [-0.3, -0.25) is 9.59 Å². The van der Waals surface area contributed by atoms with Crippen molar-refractivity contribution in [1.29, 1.82) is 0 Å². The number of hydrogen-bond acceptors (Lipinski definition) is 4. The van der Waals surface area contributed by atoms with Gasteiger partial charge in [0.15, 0.2) is 9.84 Å². The minimum absolute atomic E-state index is 0.0759. The Labute approximate surface area is 117 Å². The van der Waals surface area contributed by atoms with E-state index < -0.39 is 15.8 Å². The van der Waals surface area contributed by atoms with Crippen molar-refractivity contribution in [1.82, 2.24) is 0 Å². The molecule has 2 amide bonds. The minimum Gasteiger partial charge on any atom is -0.326 e. The molecule has 0 bridgehead atoms. The van der Waals surface area contributed by atoms with Crippen LogP contribution in [0.1, 0.15) is 13.3 Å². The number of amides is 2. The van der Waals surface area contributed by atoms with Gasteiger partial charge in [0.2, 0.25) is 11.8 Å². The van der Waals surface area contributed by atoms with Crippen LogP contribution in [0, 0.1) is 5.92 Å². The van der Waals surface area contributed by atoms with E-state index in [2.05, 4.69) is 10.6 Å². The monoisotopic (exact) mass is 296 g/mol. The summed E-state index contributed by atoms with van der Waals surface area (Å²) in [4.78, 5) is 22.8. The average molecular weight is 296 g/mol. The standard InChI is InChI=1S/C13H16N2O4S/c1-9(16)14-11-2-4-12(5-3-11)15-13(17)10-6-7-20(18,19)8-10/h2-5,10H,6-8H2,1H3,(H,14,16)(H,15,17). The van der Waals surface area contributed by atoms with Crippen LogP contribution in [0.4, 0.5) is 11.4 Å². The van der Waals surface area contributed by atoms with Crippen LogP contribution >= 0.6 is 0 Å². The largest absolute Gasteiger partial charge is 0.326 e.